The molecule has 2 aromatic heterocycles. The Kier molecular flexibility index (Phi) is 3.60. The molecule has 1 atom stereocenters. The predicted octanol–water partition coefficient (Wildman–Crippen LogP) is 2.57. The highest BCUT2D eigenvalue weighted by Gasteiger charge is 2.37. The van der Waals surface area contributed by atoms with Crippen LogP contribution >= 0.6 is 11.3 Å². The molecule has 0 aliphatic carbocycles. The lowest BCUT2D eigenvalue weighted by molar-refractivity contribution is 0.0702. The van der Waals surface area contributed by atoms with Gasteiger partial charge in [0.25, 0.3) is 0 Å². The van der Waals surface area contributed by atoms with Gasteiger partial charge in [0.05, 0.1) is 12.3 Å². The van der Waals surface area contributed by atoms with Crippen molar-refractivity contribution in [2.45, 2.75) is 23.8 Å². The second kappa shape index (κ2) is 5.28. The lowest BCUT2D eigenvalue weighted by Crippen LogP contribution is -2.30. The summed E-state index contributed by atoms with van der Waals surface area (Å²) >= 11 is 1.13. The average molecular weight is 327 g/mol. The maximum atomic E-state index is 12.6. The van der Waals surface area contributed by atoms with Crippen LogP contribution in [0, 0.1) is 0 Å². The molecule has 112 valence electrons. The van der Waals surface area contributed by atoms with E-state index in [-0.39, 0.29) is 15.8 Å². The highest BCUT2D eigenvalue weighted by atomic mass is 32.2. The Balaban J connectivity index is 1.94. The third kappa shape index (κ3) is 2.50. The molecule has 0 bridgehead atoms. The molecule has 1 N–H and O–H groups in total. The van der Waals surface area contributed by atoms with E-state index in [9.17, 15) is 13.2 Å². The Hall–Kier alpha value is -1.64. The molecule has 1 unspecified atom stereocenters. The number of aromatic carboxylic acids is 1. The van der Waals surface area contributed by atoms with E-state index in [1.54, 1.807) is 6.07 Å². The second-order valence-corrected chi connectivity index (χ2v) is 7.75. The molecule has 3 rings (SSSR count). The molecule has 6 nitrogen and oxygen atoms in total. The molecule has 3 heterocycles. The summed E-state index contributed by atoms with van der Waals surface area (Å²) in [5, 5.41) is 8.98. The van der Waals surface area contributed by atoms with Gasteiger partial charge in [0.15, 0.2) is 0 Å². The van der Waals surface area contributed by atoms with Crippen LogP contribution < -0.4 is 0 Å². The summed E-state index contributed by atoms with van der Waals surface area (Å²) in [6.45, 7) is 0.429. The van der Waals surface area contributed by atoms with E-state index in [0.29, 0.717) is 13.0 Å². The normalized spacial score (nSPS) is 19.9. The third-order valence-corrected chi connectivity index (χ3v) is 6.53. The fourth-order valence-corrected chi connectivity index (χ4v) is 5.15. The lowest BCUT2D eigenvalue weighted by atomic mass is 10.2. The first-order valence-corrected chi connectivity index (χ1v) is 8.63. The summed E-state index contributed by atoms with van der Waals surface area (Å²) in [5.41, 5.74) is 0. The highest BCUT2D eigenvalue weighted by molar-refractivity contribution is 7.89. The average Bonchev–Trinajstić information content (AvgIpc) is 3.19. The molecule has 0 radical (unpaired) electrons. The highest BCUT2D eigenvalue weighted by Crippen LogP contribution is 2.39. The van der Waals surface area contributed by atoms with E-state index in [1.807, 2.05) is 0 Å². The minimum atomic E-state index is -3.60. The van der Waals surface area contributed by atoms with Gasteiger partial charge >= 0.3 is 5.97 Å². The van der Waals surface area contributed by atoms with Crippen molar-refractivity contribution in [3.8, 4) is 0 Å². The zero-order chi connectivity index (χ0) is 15.0. The number of carbonyl (C=O) groups is 1. The molecule has 1 fully saturated rings. The number of hydrogen-bond donors (Lipinski definition) is 1. The van der Waals surface area contributed by atoms with Crippen molar-refractivity contribution in [1.29, 1.82) is 0 Å². The first-order valence-electron chi connectivity index (χ1n) is 6.37. The van der Waals surface area contributed by atoms with Crippen LogP contribution in [0.2, 0.25) is 0 Å². The Morgan fingerprint density at radius 2 is 2.19 bits per heavy atom. The minimum absolute atomic E-state index is 0.129. The van der Waals surface area contributed by atoms with Gasteiger partial charge in [0.1, 0.15) is 16.0 Å². The smallest absolute Gasteiger partial charge is 0.345 e. The van der Waals surface area contributed by atoms with Gasteiger partial charge in [-0.2, -0.15) is 4.31 Å². The summed E-state index contributed by atoms with van der Waals surface area (Å²) in [6, 6.07) is 4.33. The molecule has 0 amide bonds. The van der Waals surface area contributed by atoms with Crippen molar-refractivity contribution in [2.75, 3.05) is 6.54 Å². The van der Waals surface area contributed by atoms with Crippen molar-refractivity contribution in [2.24, 2.45) is 0 Å². The van der Waals surface area contributed by atoms with Crippen LogP contribution in [0.1, 0.15) is 33.4 Å². The third-order valence-electron chi connectivity index (χ3n) is 3.47. The molecule has 0 saturated carbocycles. The molecule has 1 aliphatic rings. The van der Waals surface area contributed by atoms with Gasteiger partial charge in [0.2, 0.25) is 10.0 Å². The number of carboxylic acid groups (broad SMARTS) is 1. The van der Waals surface area contributed by atoms with Gasteiger partial charge in [-0.25, -0.2) is 13.2 Å². The summed E-state index contributed by atoms with van der Waals surface area (Å²) in [4.78, 5) is 12.1. The van der Waals surface area contributed by atoms with Crippen LogP contribution in [0.4, 0.5) is 0 Å². The largest absolute Gasteiger partial charge is 0.477 e. The van der Waals surface area contributed by atoms with Crippen molar-refractivity contribution in [1.82, 2.24) is 4.31 Å². The van der Waals surface area contributed by atoms with E-state index in [0.717, 1.165) is 22.6 Å². The maximum Gasteiger partial charge on any atom is 0.345 e. The molecule has 1 aliphatic heterocycles. The molecular formula is C13H13NO5S2. The summed E-state index contributed by atoms with van der Waals surface area (Å²) < 4.78 is 31.4. The summed E-state index contributed by atoms with van der Waals surface area (Å²) in [6.07, 6.45) is 3.98. The molecule has 0 aromatic carbocycles. The van der Waals surface area contributed by atoms with Crippen LogP contribution in [0.25, 0.3) is 0 Å². The van der Waals surface area contributed by atoms with Gasteiger partial charge in [-0.15, -0.1) is 11.3 Å². The van der Waals surface area contributed by atoms with Gasteiger partial charge in [-0.1, -0.05) is 0 Å². The lowest BCUT2D eigenvalue weighted by Gasteiger charge is -2.22. The number of carboxylic acids is 1. The molecule has 8 heteroatoms. The van der Waals surface area contributed by atoms with Crippen LogP contribution in [0.15, 0.2) is 40.0 Å². The van der Waals surface area contributed by atoms with Gasteiger partial charge < -0.3 is 9.52 Å². The Morgan fingerprint density at radius 3 is 2.81 bits per heavy atom. The molecule has 0 spiro atoms. The predicted molar refractivity (Wildman–Crippen MR) is 75.9 cm³/mol. The van der Waals surface area contributed by atoms with Crippen molar-refractivity contribution < 1.29 is 22.7 Å². The molecule has 2 aromatic rings. The van der Waals surface area contributed by atoms with Gasteiger partial charge in [0, 0.05) is 11.4 Å². The summed E-state index contributed by atoms with van der Waals surface area (Å²) in [5.74, 6) is -0.992. The van der Waals surface area contributed by atoms with Crippen molar-refractivity contribution in [3.05, 3.63) is 40.5 Å². The van der Waals surface area contributed by atoms with Crippen LogP contribution in [-0.2, 0) is 10.0 Å². The Morgan fingerprint density at radius 1 is 1.38 bits per heavy atom. The first-order chi connectivity index (χ1) is 10.00. The van der Waals surface area contributed by atoms with Gasteiger partial charge in [-0.3, -0.25) is 0 Å². The monoisotopic (exact) mass is 327 g/mol. The van der Waals surface area contributed by atoms with E-state index < -0.39 is 16.0 Å². The van der Waals surface area contributed by atoms with E-state index >= 15 is 0 Å². The standard InChI is InChI=1S/C13H13NO5S2/c15-13(16)12-4-3-11(20-12)10-2-1-6-14(10)21(17,18)9-5-7-19-8-9/h3-5,7-8,10H,1-2,6H2,(H,15,16). The number of nitrogens with zero attached hydrogens (tertiary/aromatic N) is 1. The zero-order valence-corrected chi connectivity index (χ0v) is 12.6. The van der Waals surface area contributed by atoms with Crippen LogP contribution in [-0.4, -0.2) is 30.3 Å². The molecule has 21 heavy (non-hydrogen) atoms. The van der Waals surface area contributed by atoms with E-state index in [4.69, 9.17) is 9.52 Å². The number of sulfonamides is 1. The zero-order valence-electron chi connectivity index (χ0n) is 10.9. The Bertz CT molecular complexity index is 747. The van der Waals surface area contributed by atoms with E-state index in [1.165, 1.54) is 29.0 Å². The van der Waals surface area contributed by atoms with Crippen LogP contribution in [0.5, 0.6) is 0 Å². The molecule has 1 saturated heterocycles. The topological polar surface area (TPSA) is 87.8 Å². The Labute approximate surface area is 125 Å². The summed E-state index contributed by atoms with van der Waals surface area (Å²) in [7, 11) is -3.60. The van der Waals surface area contributed by atoms with Gasteiger partial charge in [-0.05, 0) is 31.0 Å². The number of rotatable bonds is 4. The number of furan rings is 1. The second-order valence-electron chi connectivity index (χ2n) is 4.74. The number of thiophene rings is 1. The SMILES string of the molecule is O=C(O)c1ccc(C2CCCN2S(=O)(=O)c2ccoc2)s1. The quantitative estimate of drug-likeness (QED) is 0.932. The van der Waals surface area contributed by atoms with E-state index in [2.05, 4.69) is 0 Å². The van der Waals surface area contributed by atoms with Crippen LogP contribution in [0.3, 0.4) is 0 Å². The minimum Gasteiger partial charge on any atom is -0.477 e. The maximum absolute atomic E-state index is 12.6. The molecular weight excluding hydrogens is 314 g/mol. The fourth-order valence-electron chi connectivity index (χ4n) is 2.49. The van der Waals surface area contributed by atoms with Crippen molar-refractivity contribution in [3.63, 3.8) is 0 Å². The fraction of sp³-hybridized carbons (Fsp3) is 0.308. The first kappa shape index (κ1) is 14.3. The van der Waals surface area contributed by atoms with Crippen molar-refractivity contribution >= 4 is 27.3 Å². The number of hydrogen-bond acceptors (Lipinski definition) is 5.